The third-order valence-electron chi connectivity index (χ3n) is 5.64. The van der Waals surface area contributed by atoms with Crippen LogP contribution in [-0.2, 0) is 14.3 Å². The summed E-state index contributed by atoms with van der Waals surface area (Å²) in [5.41, 5.74) is 0.158. The van der Waals surface area contributed by atoms with E-state index in [0.717, 1.165) is 39.0 Å². The van der Waals surface area contributed by atoms with E-state index in [1.54, 1.807) is 4.90 Å². The first kappa shape index (κ1) is 16.7. The van der Waals surface area contributed by atoms with E-state index in [2.05, 4.69) is 24.1 Å². The number of ether oxygens (including phenoxy) is 1. The Kier molecular flexibility index (Phi) is 4.65. The number of piperazine rings is 1. The summed E-state index contributed by atoms with van der Waals surface area (Å²) in [6.07, 6.45) is 3.41. The monoisotopic (exact) mass is 323 g/mol. The van der Waals surface area contributed by atoms with Crippen molar-refractivity contribution in [2.24, 2.45) is 5.41 Å². The third-order valence-corrected chi connectivity index (χ3v) is 5.64. The van der Waals surface area contributed by atoms with E-state index in [9.17, 15) is 9.59 Å². The molecule has 0 bridgehead atoms. The molecule has 0 aromatic carbocycles. The number of hydrogen-bond acceptors (Lipinski definition) is 4. The molecule has 23 heavy (non-hydrogen) atoms. The molecule has 0 spiro atoms. The maximum Gasteiger partial charge on any atom is 0.311 e. The van der Waals surface area contributed by atoms with E-state index in [-0.39, 0.29) is 17.4 Å². The molecule has 0 radical (unpaired) electrons. The zero-order valence-corrected chi connectivity index (χ0v) is 14.5. The van der Waals surface area contributed by atoms with Crippen molar-refractivity contribution in [2.75, 3.05) is 32.8 Å². The van der Waals surface area contributed by atoms with Crippen molar-refractivity contribution < 1.29 is 14.3 Å². The van der Waals surface area contributed by atoms with Gasteiger partial charge in [0.2, 0.25) is 0 Å². The fourth-order valence-corrected chi connectivity index (χ4v) is 3.82. The Bertz CT molecular complexity index is 468. The van der Waals surface area contributed by atoms with Crippen molar-refractivity contribution in [3.8, 4) is 0 Å². The van der Waals surface area contributed by atoms with E-state index in [0.29, 0.717) is 25.2 Å². The van der Waals surface area contributed by atoms with Crippen LogP contribution < -0.4 is 5.32 Å². The van der Waals surface area contributed by atoms with Gasteiger partial charge in [0.15, 0.2) is 0 Å². The van der Waals surface area contributed by atoms with Crippen LogP contribution in [0.2, 0.25) is 0 Å². The SMILES string of the molecule is CCO[C@H]1C[C@H](N2CCN(C(=O)C(=O)NC3CC3)CC2)C1(C)C. The number of amides is 2. The summed E-state index contributed by atoms with van der Waals surface area (Å²) in [6, 6.07) is 0.746. The smallest absolute Gasteiger partial charge is 0.311 e. The number of nitrogens with one attached hydrogen (secondary N) is 1. The summed E-state index contributed by atoms with van der Waals surface area (Å²) in [7, 11) is 0. The third kappa shape index (κ3) is 3.38. The molecule has 6 nitrogen and oxygen atoms in total. The minimum atomic E-state index is -0.429. The number of carbonyl (C=O) groups excluding carboxylic acids is 2. The molecule has 130 valence electrons. The molecular weight excluding hydrogens is 294 g/mol. The molecular formula is C17H29N3O3. The predicted octanol–water partition coefficient (Wildman–Crippen LogP) is 0.613. The fourth-order valence-electron chi connectivity index (χ4n) is 3.82. The van der Waals surface area contributed by atoms with Crippen molar-refractivity contribution >= 4 is 11.8 Å². The van der Waals surface area contributed by atoms with Gasteiger partial charge in [-0.05, 0) is 26.2 Å². The quantitative estimate of drug-likeness (QED) is 0.770. The van der Waals surface area contributed by atoms with E-state index in [1.807, 2.05) is 6.92 Å². The van der Waals surface area contributed by atoms with Crippen LogP contribution in [0.15, 0.2) is 0 Å². The Hall–Kier alpha value is -1.14. The van der Waals surface area contributed by atoms with Crippen molar-refractivity contribution in [1.82, 2.24) is 15.1 Å². The molecule has 3 fully saturated rings. The first-order chi connectivity index (χ1) is 10.9. The second-order valence-corrected chi connectivity index (χ2v) is 7.59. The normalized spacial score (nSPS) is 30.7. The van der Waals surface area contributed by atoms with Gasteiger partial charge in [0.1, 0.15) is 0 Å². The second kappa shape index (κ2) is 6.40. The minimum Gasteiger partial charge on any atom is -0.378 e. The topological polar surface area (TPSA) is 61.9 Å². The minimum absolute atomic E-state index is 0.158. The number of nitrogens with zero attached hydrogens (tertiary/aromatic N) is 2. The molecule has 2 saturated carbocycles. The van der Waals surface area contributed by atoms with Gasteiger partial charge < -0.3 is 15.0 Å². The lowest BCUT2D eigenvalue weighted by Gasteiger charge is -2.57. The molecule has 0 aromatic heterocycles. The maximum atomic E-state index is 12.2. The van der Waals surface area contributed by atoms with Gasteiger partial charge in [0.25, 0.3) is 0 Å². The summed E-state index contributed by atoms with van der Waals surface area (Å²) in [6.45, 7) is 10.3. The number of rotatable bonds is 4. The average Bonchev–Trinajstić information content (AvgIpc) is 3.34. The highest BCUT2D eigenvalue weighted by atomic mass is 16.5. The van der Waals surface area contributed by atoms with Crippen LogP contribution in [0.5, 0.6) is 0 Å². The van der Waals surface area contributed by atoms with Crippen molar-refractivity contribution in [3.05, 3.63) is 0 Å². The summed E-state index contributed by atoms with van der Waals surface area (Å²) in [4.78, 5) is 28.2. The van der Waals surface area contributed by atoms with Crippen molar-refractivity contribution in [3.63, 3.8) is 0 Å². The van der Waals surface area contributed by atoms with Gasteiger partial charge in [-0.1, -0.05) is 13.8 Å². The summed E-state index contributed by atoms with van der Waals surface area (Å²) < 4.78 is 5.80. The average molecular weight is 323 g/mol. The zero-order chi connectivity index (χ0) is 16.6. The molecule has 6 heteroatoms. The van der Waals surface area contributed by atoms with Crippen LogP contribution in [0.4, 0.5) is 0 Å². The largest absolute Gasteiger partial charge is 0.378 e. The van der Waals surface area contributed by atoms with Crippen molar-refractivity contribution in [1.29, 1.82) is 0 Å². The lowest BCUT2D eigenvalue weighted by atomic mass is 9.63. The first-order valence-corrected chi connectivity index (χ1v) is 8.89. The molecule has 1 heterocycles. The predicted molar refractivity (Wildman–Crippen MR) is 86.9 cm³/mol. The van der Waals surface area contributed by atoms with E-state index >= 15 is 0 Å². The van der Waals surface area contributed by atoms with Gasteiger partial charge in [-0.25, -0.2) is 0 Å². The molecule has 1 N–H and O–H groups in total. The Morgan fingerprint density at radius 3 is 2.35 bits per heavy atom. The molecule has 2 amide bonds. The van der Waals surface area contributed by atoms with E-state index in [1.165, 1.54) is 0 Å². The van der Waals surface area contributed by atoms with Crippen molar-refractivity contribution in [2.45, 2.75) is 58.2 Å². The van der Waals surface area contributed by atoms with Crippen LogP contribution in [0.1, 0.15) is 40.0 Å². The van der Waals surface area contributed by atoms with Gasteiger partial charge in [0, 0.05) is 50.3 Å². The fraction of sp³-hybridized carbons (Fsp3) is 0.882. The second-order valence-electron chi connectivity index (χ2n) is 7.59. The molecule has 2 atom stereocenters. The van der Waals surface area contributed by atoms with Gasteiger partial charge in [-0.2, -0.15) is 0 Å². The molecule has 2 aliphatic carbocycles. The van der Waals surface area contributed by atoms with Gasteiger partial charge in [-0.15, -0.1) is 0 Å². The molecule has 3 aliphatic rings. The van der Waals surface area contributed by atoms with Gasteiger partial charge in [0.05, 0.1) is 6.10 Å². The van der Waals surface area contributed by atoms with Gasteiger partial charge >= 0.3 is 11.8 Å². The standard InChI is InChI=1S/C17H29N3O3/c1-4-23-14-11-13(17(14,2)3)19-7-9-20(10-8-19)16(22)15(21)18-12-5-6-12/h12-14H,4-11H2,1-3H3,(H,18,21)/t13-,14-/m0/s1. The van der Waals surface area contributed by atoms with E-state index in [4.69, 9.17) is 4.74 Å². The molecule has 3 rings (SSSR count). The molecule has 1 aliphatic heterocycles. The highest BCUT2D eigenvalue weighted by Crippen LogP contribution is 2.46. The number of carbonyl (C=O) groups is 2. The maximum absolute atomic E-state index is 12.2. The lowest BCUT2D eigenvalue weighted by Crippen LogP contribution is -2.65. The van der Waals surface area contributed by atoms with Crippen LogP contribution in [0, 0.1) is 5.41 Å². The van der Waals surface area contributed by atoms with Crippen LogP contribution in [0.25, 0.3) is 0 Å². The highest BCUT2D eigenvalue weighted by molar-refractivity contribution is 6.35. The molecule has 1 saturated heterocycles. The molecule has 0 aromatic rings. The Morgan fingerprint density at radius 2 is 1.83 bits per heavy atom. The highest BCUT2D eigenvalue weighted by Gasteiger charge is 2.51. The Labute approximate surface area is 138 Å². The Morgan fingerprint density at radius 1 is 1.17 bits per heavy atom. The zero-order valence-electron chi connectivity index (χ0n) is 14.5. The van der Waals surface area contributed by atoms with Gasteiger partial charge in [-0.3, -0.25) is 14.5 Å². The number of hydrogen-bond donors (Lipinski definition) is 1. The Balaban J connectivity index is 1.47. The molecule has 0 unspecified atom stereocenters. The van der Waals surface area contributed by atoms with E-state index < -0.39 is 5.91 Å². The summed E-state index contributed by atoms with van der Waals surface area (Å²) >= 11 is 0. The van der Waals surface area contributed by atoms with Crippen LogP contribution >= 0.6 is 0 Å². The summed E-state index contributed by atoms with van der Waals surface area (Å²) in [5.74, 6) is -0.794. The first-order valence-electron chi connectivity index (χ1n) is 8.89. The van der Waals surface area contributed by atoms with Crippen LogP contribution in [0.3, 0.4) is 0 Å². The lowest BCUT2D eigenvalue weighted by molar-refractivity contribution is -0.160. The summed E-state index contributed by atoms with van der Waals surface area (Å²) in [5, 5.41) is 2.78. The van der Waals surface area contributed by atoms with Crippen LogP contribution in [-0.4, -0.2) is 72.6 Å².